The van der Waals surface area contributed by atoms with Crippen molar-refractivity contribution < 1.29 is 4.79 Å². The van der Waals surface area contributed by atoms with Crippen molar-refractivity contribution in [1.29, 1.82) is 0 Å². The molecule has 0 saturated heterocycles. The van der Waals surface area contributed by atoms with Crippen LogP contribution in [0, 0.1) is 5.92 Å². The highest BCUT2D eigenvalue weighted by molar-refractivity contribution is 5.98. The average molecular weight is 110 g/mol. The molecule has 8 heavy (non-hydrogen) atoms. The number of hydrogen-bond donors (Lipinski definition) is 0. The van der Waals surface area contributed by atoms with Gasteiger partial charge >= 0.3 is 0 Å². The molecule has 0 heterocycles. The van der Waals surface area contributed by atoms with E-state index in [-0.39, 0.29) is 5.92 Å². The Morgan fingerprint density at radius 3 is 2.50 bits per heavy atom. The van der Waals surface area contributed by atoms with Gasteiger partial charge in [-0.1, -0.05) is 13.0 Å². The summed E-state index contributed by atoms with van der Waals surface area (Å²) in [4.78, 5) is 10.8. The monoisotopic (exact) mass is 110 g/mol. The number of hydrogen-bond acceptors (Lipinski definition) is 1. The fourth-order valence-electron chi connectivity index (χ4n) is 0.950. The first-order valence-electron chi connectivity index (χ1n) is 2.93. The second kappa shape index (κ2) is 1.73. The largest absolute Gasteiger partial charge is 0.294 e. The molecule has 0 radical (unpaired) electrons. The highest BCUT2D eigenvalue weighted by atomic mass is 16.1. The number of allylic oxidation sites excluding steroid dienone is 2. The smallest absolute Gasteiger partial charge is 0.161 e. The summed E-state index contributed by atoms with van der Waals surface area (Å²) in [6, 6.07) is 0. The van der Waals surface area contributed by atoms with Crippen LogP contribution in [0.4, 0.5) is 0 Å². The minimum absolute atomic E-state index is 0.259. The van der Waals surface area contributed by atoms with Gasteiger partial charge < -0.3 is 0 Å². The van der Waals surface area contributed by atoms with Crippen molar-refractivity contribution in [3.05, 3.63) is 11.6 Å². The first-order chi connectivity index (χ1) is 3.72. The molecule has 0 unspecified atom stereocenters. The molecule has 0 amide bonds. The molecular formula is C7H10O. The molecule has 0 bridgehead atoms. The van der Waals surface area contributed by atoms with Gasteiger partial charge in [0, 0.05) is 5.92 Å². The van der Waals surface area contributed by atoms with Crippen molar-refractivity contribution in [2.45, 2.75) is 20.3 Å². The Bertz CT molecular complexity index is 144. The van der Waals surface area contributed by atoms with E-state index in [1.165, 1.54) is 0 Å². The van der Waals surface area contributed by atoms with Crippen molar-refractivity contribution >= 4 is 5.78 Å². The highest BCUT2D eigenvalue weighted by Crippen LogP contribution is 2.18. The fraction of sp³-hybridized carbons (Fsp3) is 0.571. The molecule has 44 valence electrons. The Balaban J connectivity index is 2.73. The molecule has 1 rings (SSSR count). The molecule has 1 aliphatic carbocycles. The van der Waals surface area contributed by atoms with E-state index >= 15 is 0 Å². The van der Waals surface area contributed by atoms with Crippen molar-refractivity contribution in [3.8, 4) is 0 Å². The predicted molar refractivity (Wildman–Crippen MR) is 32.5 cm³/mol. The summed E-state index contributed by atoms with van der Waals surface area (Å²) in [5.41, 5.74) is 0.942. The number of Topliss-reactive ketones (excluding diaryl/α,β-unsaturated/α-hetero) is 1. The van der Waals surface area contributed by atoms with Gasteiger partial charge in [0.15, 0.2) is 5.78 Å². The van der Waals surface area contributed by atoms with Crippen molar-refractivity contribution in [2.24, 2.45) is 5.92 Å². The lowest BCUT2D eigenvalue weighted by atomic mass is 10.1. The van der Waals surface area contributed by atoms with Crippen LogP contribution in [0.1, 0.15) is 20.3 Å². The van der Waals surface area contributed by atoms with Crippen molar-refractivity contribution in [3.63, 3.8) is 0 Å². The zero-order valence-electron chi connectivity index (χ0n) is 5.27. The quantitative estimate of drug-likeness (QED) is 0.462. The van der Waals surface area contributed by atoms with Gasteiger partial charge in [0.2, 0.25) is 0 Å². The molecule has 1 nitrogen and oxygen atoms in total. The minimum atomic E-state index is 0.259. The van der Waals surface area contributed by atoms with E-state index in [2.05, 4.69) is 0 Å². The van der Waals surface area contributed by atoms with Gasteiger partial charge in [-0.2, -0.15) is 0 Å². The van der Waals surface area contributed by atoms with E-state index in [4.69, 9.17) is 0 Å². The lowest BCUT2D eigenvalue weighted by molar-refractivity contribution is -0.117. The normalized spacial score (nSPS) is 28.5. The zero-order valence-corrected chi connectivity index (χ0v) is 5.27. The maximum absolute atomic E-state index is 10.8. The zero-order chi connectivity index (χ0) is 6.15. The Morgan fingerprint density at radius 1 is 1.75 bits per heavy atom. The van der Waals surface area contributed by atoms with Crippen LogP contribution in [0.5, 0.6) is 0 Å². The Hall–Kier alpha value is -0.590. The van der Waals surface area contributed by atoms with Crippen molar-refractivity contribution in [1.82, 2.24) is 0 Å². The van der Waals surface area contributed by atoms with Crippen LogP contribution in [0.2, 0.25) is 0 Å². The second-order valence-corrected chi connectivity index (χ2v) is 2.39. The van der Waals surface area contributed by atoms with Crippen LogP contribution in [-0.4, -0.2) is 5.78 Å². The van der Waals surface area contributed by atoms with E-state index in [9.17, 15) is 4.79 Å². The Morgan fingerprint density at radius 2 is 2.38 bits per heavy atom. The second-order valence-electron chi connectivity index (χ2n) is 2.39. The van der Waals surface area contributed by atoms with Crippen LogP contribution in [0.25, 0.3) is 0 Å². The van der Waals surface area contributed by atoms with Crippen LogP contribution >= 0.6 is 0 Å². The SMILES string of the molecule is CC1=CC[C@@H](C)C1=O. The first-order valence-corrected chi connectivity index (χ1v) is 2.93. The molecule has 0 fully saturated rings. The summed E-state index contributed by atoms with van der Waals surface area (Å²) in [5, 5.41) is 0. The summed E-state index contributed by atoms with van der Waals surface area (Å²) >= 11 is 0. The number of carbonyl (C=O) groups excluding carboxylic acids is 1. The number of carbonyl (C=O) groups is 1. The third-order valence-electron chi connectivity index (χ3n) is 1.61. The summed E-state index contributed by atoms with van der Waals surface area (Å²) in [6.07, 6.45) is 2.96. The van der Waals surface area contributed by atoms with Gasteiger partial charge in [-0.05, 0) is 18.9 Å². The van der Waals surface area contributed by atoms with E-state index in [1.807, 2.05) is 19.9 Å². The third-order valence-corrected chi connectivity index (χ3v) is 1.61. The standard InChI is InChI=1S/C7H10O/c1-5-3-4-6(2)7(5)8/h3,6H,4H2,1-2H3/t6-/m1/s1. The topological polar surface area (TPSA) is 17.1 Å². The van der Waals surface area contributed by atoms with E-state index in [0.717, 1.165) is 12.0 Å². The lowest BCUT2D eigenvalue weighted by Gasteiger charge is -1.94. The van der Waals surface area contributed by atoms with Gasteiger partial charge in [-0.25, -0.2) is 0 Å². The maximum Gasteiger partial charge on any atom is 0.161 e. The predicted octanol–water partition coefficient (Wildman–Crippen LogP) is 1.54. The van der Waals surface area contributed by atoms with E-state index in [0.29, 0.717) is 5.78 Å². The van der Waals surface area contributed by atoms with Crippen molar-refractivity contribution in [2.75, 3.05) is 0 Å². The number of rotatable bonds is 0. The Labute approximate surface area is 49.4 Å². The minimum Gasteiger partial charge on any atom is -0.294 e. The molecule has 0 spiro atoms. The van der Waals surface area contributed by atoms with Gasteiger partial charge in [0.25, 0.3) is 0 Å². The lowest BCUT2D eigenvalue weighted by Crippen LogP contribution is -2.03. The highest BCUT2D eigenvalue weighted by Gasteiger charge is 2.18. The molecule has 0 aromatic carbocycles. The molecule has 1 aliphatic rings. The molecule has 0 N–H and O–H groups in total. The fourth-order valence-corrected chi connectivity index (χ4v) is 0.950. The summed E-state index contributed by atoms with van der Waals surface area (Å²) in [6.45, 7) is 3.85. The van der Waals surface area contributed by atoms with E-state index < -0.39 is 0 Å². The van der Waals surface area contributed by atoms with Crippen LogP contribution in [0.3, 0.4) is 0 Å². The first kappa shape index (κ1) is 5.54. The van der Waals surface area contributed by atoms with E-state index in [1.54, 1.807) is 0 Å². The molecule has 0 aromatic rings. The van der Waals surface area contributed by atoms with Gasteiger partial charge in [-0.15, -0.1) is 0 Å². The van der Waals surface area contributed by atoms with Crippen LogP contribution in [-0.2, 0) is 4.79 Å². The molecule has 0 aromatic heterocycles. The molecular weight excluding hydrogens is 100 g/mol. The maximum atomic E-state index is 10.8. The van der Waals surface area contributed by atoms with Gasteiger partial charge in [-0.3, -0.25) is 4.79 Å². The van der Waals surface area contributed by atoms with Gasteiger partial charge in [0.1, 0.15) is 0 Å². The van der Waals surface area contributed by atoms with Gasteiger partial charge in [0.05, 0.1) is 0 Å². The third kappa shape index (κ3) is 0.683. The Kier molecular flexibility index (Phi) is 1.20. The summed E-state index contributed by atoms with van der Waals surface area (Å²) in [5.74, 6) is 0.583. The van der Waals surface area contributed by atoms with Crippen LogP contribution < -0.4 is 0 Å². The summed E-state index contributed by atoms with van der Waals surface area (Å²) in [7, 11) is 0. The summed E-state index contributed by atoms with van der Waals surface area (Å²) < 4.78 is 0. The number of ketones is 1. The van der Waals surface area contributed by atoms with Crippen LogP contribution in [0.15, 0.2) is 11.6 Å². The molecule has 0 aliphatic heterocycles. The average Bonchev–Trinajstić information content (AvgIpc) is 1.98. The molecule has 1 atom stereocenters. The molecule has 0 saturated carbocycles. The molecule has 1 heteroatoms.